The molecule has 0 radical (unpaired) electrons. The molecule has 0 aromatic heterocycles. The minimum Gasteiger partial charge on any atom is -0.478 e. The zero-order chi connectivity index (χ0) is 49.9. The number of benzene rings is 4. The maximum atomic E-state index is 11.3. The molecule has 0 bridgehead atoms. The minimum absolute atomic E-state index is 0.00787. The van der Waals surface area contributed by atoms with Crippen LogP contribution in [0.5, 0.6) is 23.0 Å². The van der Waals surface area contributed by atoms with E-state index < -0.39 is 29.8 Å². The smallest absolute Gasteiger partial charge is 0.335 e. The molecule has 0 fully saturated rings. The molecule has 0 atom stereocenters. The number of amides is 6. The van der Waals surface area contributed by atoms with Crippen LogP contribution in [-0.4, -0.2) is 103 Å². The number of hydrogen-bond acceptors (Lipinski definition) is 16. The Bertz CT molecular complexity index is 2440. The fraction of sp³-hybridized carbons (Fsp3) is 0.122. The predicted octanol–water partition coefficient (Wildman–Crippen LogP) is 2.97. The summed E-state index contributed by atoms with van der Waals surface area (Å²) in [6.07, 6.45) is 0. The van der Waals surface area contributed by atoms with Crippen molar-refractivity contribution in [3.05, 3.63) is 95.1 Å². The van der Waals surface area contributed by atoms with Crippen LogP contribution in [0.3, 0.4) is 0 Å². The molecule has 0 aliphatic heterocycles. The van der Waals surface area contributed by atoms with Gasteiger partial charge in [-0.25, -0.2) is 19.2 Å². The second-order valence-corrected chi connectivity index (χ2v) is 12.1. The van der Waals surface area contributed by atoms with Crippen LogP contribution in [-0.2, 0) is 33.6 Å². The van der Waals surface area contributed by atoms with Crippen molar-refractivity contribution in [1.82, 2.24) is 10.6 Å². The summed E-state index contributed by atoms with van der Waals surface area (Å²) in [7, 11) is 2.83. The molecule has 66 heavy (non-hydrogen) atoms. The van der Waals surface area contributed by atoms with E-state index in [1.807, 2.05) is 0 Å². The molecule has 0 spiro atoms. The molecule has 0 heterocycles. The van der Waals surface area contributed by atoms with Crippen molar-refractivity contribution in [3.8, 4) is 23.0 Å². The van der Waals surface area contributed by atoms with Crippen molar-refractivity contribution in [1.29, 1.82) is 0 Å². The van der Waals surface area contributed by atoms with Gasteiger partial charge in [-0.15, -0.1) is 0 Å². The highest BCUT2D eigenvalue weighted by molar-refractivity contribution is 5.98. The van der Waals surface area contributed by atoms with Crippen LogP contribution in [0.15, 0.2) is 72.8 Å². The summed E-state index contributed by atoms with van der Waals surface area (Å²) in [5.74, 6) is -4.58. The fourth-order valence-electron chi connectivity index (χ4n) is 4.63. The molecule has 348 valence electrons. The van der Waals surface area contributed by atoms with Gasteiger partial charge >= 0.3 is 23.9 Å². The highest BCUT2D eigenvalue weighted by Gasteiger charge is 2.13. The van der Waals surface area contributed by atoms with Crippen LogP contribution >= 0.6 is 0 Å². The van der Waals surface area contributed by atoms with E-state index in [4.69, 9.17) is 15.3 Å². The van der Waals surface area contributed by atoms with E-state index in [9.17, 15) is 57.5 Å². The average molecular weight is 921 g/mol. The lowest BCUT2D eigenvalue weighted by Gasteiger charge is -2.08. The Morgan fingerprint density at radius 3 is 0.985 bits per heavy atom. The molecule has 0 aliphatic carbocycles. The first-order valence-electron chi connectivity index (χ1n) is 17.9. The quantitative estimate of drug-likeness (QED) is 0.0729. The third kappa shape index (κ3) is 20.7. The van der Waals surface area contributed by atoms with Crippen LogP contribution in [0.25, 0.3) is 0 Å². The first kappa shape index (κ1) is 54.3. The Hall–Kier alpha value is -9.68. The largest absolute Gasteiger partial charge is 0.478 e. The topological polar surface area (TPSA) is 375 Å². The maximum absolute atomic E-state index is 11.3. The Balaban J connectivity index is 0.000000440. The highest BCUT2D eigenvalue weighted by atomic mass is 16.5. The number of nitrogens with one attached hydrogen (secondary N) is 6. The predicted molar refractivity (Wildman–Crippen MR) is 228 cm³/mol. The van der Waals surface area contributed by atoms with Gasteiger partial charge in [0.05, 0.1) is 16.7 Å². The van der Waals surface area contributed by atoms with Gasteiger partial charge in [0.25, 0.3) is 31.8 Å². The standard InChI is InChI=1S/C11H12N2O4.C10H10N2O5.2C10H9NO5/c1-7(15)12-9-3-10(13-8(2)16)5-11(4-9)17-6-14;1-11-10(16)12-7-2-6(9(14)15)3-8(4-7)17-5-13;1-11-9(13)6-2-7(10(14)15)4-8(3-6)16-5-12;1-6(13)11-8-2-7(10(14)15)3-9(4-8)16-5-12/h3-6H,1-2H3,(H,12,15)(H,13,16);2-5H,1H3,(H,14,15)(H2,11,12,16);2*2-5H,1H3,(H,11,13)(H,14,15). The fourth-order valence-corrected chi connectivity index (χ4v) is 4.63. The van der Waals surface area contributed by atoms with E-state index in [1.165, 1.54) is 95.5 Å². The van der Waals surface area contributed by atoms with Crippen LogP contribution in [0, 0.1) is 0 Å². The van der Waals surface area contributed by atoms with Crippen LogP contribution in [0.1, 0.15) is 62.2 Å². The zero-order valence-corrected chi connectivity index (χ0v) is 35.1. The van der Waals surface area contributed by atoms with Gasteiger partial charge in [-0.2, -0.15) is 0 Å². The summed E-state index contributed by atoms with van der Waals surface area (Å²) < 4.78 is 18.2. The normalized spacial score (nSPS) is 9.29. The summed E-state index contributed by atoms with van der Waals surface area (Å²) in [4.78, 5) is 128. The molecule has 0 saturated carbocycles. The summed E-state index contributed by atoms with van der Waals surface area (Å²) in [6, 6.07) is 15.2. The van der Waals surface area contributed by atoms with Gasteiger partial charge in [-0.05, 0) is 48.5 Å². The third-order valence-electron chi connectivity index (χ3n) is 7.04. The molecule has 25 nitrogen and oxygen atoms in total. The Morgan fingerprint density at radius 1 is 0.394 bits per heavy atom. The van der Waals surface area contributed by atoms with Gasteiger partial charge in [0, 0.05) is 87.4 Å². The number of carbonyl (C=O) groups excluding carboxylic acids is 9. The summed E-state index contributed by atoms with van der Waals surface area (Å²) >= 11 is 0. The van der Waals surface area contributed by atoms with Gasteiger partial charge in [0.1, 0.15) is 23.0 Å². The van der Waals surface area contributed by atoms with Gasteiger partial charge in [-0.1, -0.05) is 0 Å². The van der Waals surface area contributed by atoms with E-state index in [1.54, 1.807) is 6.07 Å². The first-order valence-corrected chi connectivity index (χ1v) is 17.9. The summed E-state index contributed by atoms with van der Waals surface area (Å²) in [6.45, 7) is 4.77. The van der Waals surface area contributed by atoms with Crippen molar-refractivity contribution in [2.45, 2.75) is 20.8 Å². The van der Waals surface area contributed by atoms with E-state index >= 15 is 0 Å². The van der Waals surface area contributed by atoms with E-state index in [-0.39, 0.29) is 100 Å². The zero-order valence-electron chi connectivity index (χ0n) is 35.1. The maximum Gasteiger partial charge on any atom is 0.335 e. The molecule has 25 heteroatoms. The molecule has 4 rings (SSSR count). The molecule has 4 aromatic carbocycles. The monoisotopic (exact) mass is 920 g/mol. The number of rotatable bonds is 16. The highest BCUT2D eigenvalue weighted by Crippen LogP contribution is 2.25. The Kier molecular flexibility index (Phi) is 23.1. The van der Waals surface area contributed by atoms with Gasteiger partial charge in [0.2, 0.25) is 17.7 Å². The molecule has 9 N–H and O–H groups in total. The second kappa shape index (κ2) is 28.0. The second-order valence-electron chi connectivity index (χ2n) is 12.1. The Morgan fingerprint density at radius 2 is 0.682 bits per heavy atom. The SMILES string of the molecule is CC(=O)Nc1cc(NC(C)=O)cc(OC=O)c1.CC(=O)Nc1cc(OC=O)cc(C(=O)O)c1.CNC(=O)Nc1cc(OC=O)cc(C(=O)O)c1.CNC(=O)c1cc(OC=O)cc(C(=O)O)c1. The van der Waals surface area contributed by atoms with E-state index in [2.05, 4.69) is 50.8 Å². The first-order chi connectivity index (χ1) is 31.2. The van der Waals surface area contributed by atoms with Gasteiger partial charge < -0.3 is 66.2 Å². The molecular weight excluding hydrogens is 880 g/mol. The molecule has 4 aromatic rings. The van der Waals surface area contributed by atoms with Crippen molar-refractivity contribution in [3.63, 3.8) is 0 Å². The van der Waals surface area contributed by atoms with E-state index in [0.717, 1.165) is 6.07 Å². The van der Waals surface area contributed by atoms with Crippen molar-refractivity contribution in [2.75, 3.05) is 35.4 Å². The minimum atomic E-state index is -1.21. The van der Waals surface area contributed by atoms with E-state index in [0.29, 0.717) is 11.4 Å². The van der Waals surface area contributed by atoms with Gasteiger partial charge in [-0.3, -0.25) is 38.4 Å². The van der Waals surface area contributed by atoms with Crippen molar-refractivity contribution < 1.29 is 91.8 Å². The lowest BCUT2D eigenvalue weighted by molar-refractivity contribution is -0.121. The van der Waals surface area contributed by atoms with Crippen LogP contribution in [0.4, 0.5) is 27.5 Å². The molecule has 0 aliphatic rings. The lowest BCUT2D eigenvalue weighted by Crippen LogP contribution is -2.24. The number of carboxylic acids is 3. The average Bonchev–Trinajstić information content (AvgIpc) is 3.23. The molecule has 0 unspecified atom stereocenters. The number of carbonyl (C=O) groups is 12. The van der Waals surface area contributed by atoms with Crippen LogP contribution in [0.2, 0.25) is 0 Å². The molecule has 6 amide bonds. The van der Waals surface area contributed by atoms with Crippen molar-refractivity contribution >= 4 is 96.2 Å². The summed E-state index contributed by atoms with van der Waals surface area (Å²) in [5, 5.41) is 40.9. The lowest BCUT2D eigenvalue weighted by atomic mass is 10.1. The summed E-state index contributed by atoms with van der Waals surface area (Å²) in [5.41, 5.74) is 1.13. The van der Waals surface area contributed by atoms with Crippen molar-refractivity contribution in [2.24, 2.45) is 0 Å². The molecular formula is C41H40N6O19. The number of hydrogen-bond donors (Lipinski definition) is 9. The number of carboxylic acid groups (broad SMARTS) is 3. The number of aromatic carboxylic acids is 3. The van der Waals surface area contributed by atoms with Crippen LogP contribution < -0.4 is 50.8 Å². The number of anilines is 4. The number of ether oxygens (including phenoxy) is 4. The number of urea groups is 1. The molecule has 0 saturated heterocycles. The Labute approximate surface area is 372 Å². The third-order valence-corrected chi connectivity index (χ3v) is 7.04. The van der Waals surface area contributed by atoms with Gasteiger partial charge in [0.15, 0.2) is 0 Å².